The van der Waals surface area contributed by atoms with Crippen molar-refractivity contribution >= 4 is 46.9 Å². The molecule has 1 fully saturated rings. The number of aryl methyl sites for hydroxylation is 1. The Labute approximate surface area is 272 Å². The molecule has 44 heavy (non-hydrogen) atoms. The molecule has 234 valence electrons. The number of halogens is 3. The van der Waals surface area contributed by atoms with Crippen molar-refractivity contribution in [3.8, 4) is 11.6 Å². The number of methoxy groups -OCH3 is 1. The fraction of sp³-hybridized carbons (Fsp3) is 0.424. The second kappa shape index (κ2) is 14.5. The number of aliphatic hydroxyl groups is 1. The summed E-state index contributed by atoms with van der Waals surface area (Å²) in [7, 11) is 1.67. The zero-order valence-corrected chi connectivity index (χ0v) is 27.0. The number of pyridine rings is 1. The molecule has 1 aliphatic heterocycles. The first-order valence-corrected chi connectivity index (χ1v) is 15.8. The molecule has 2 atom stereocenters. The van der Waals surface area contributed by atoms with Gasteiger partial charge in [-0.1, -0.05) is 46.9 Å². The zero-order valence-electron chi connectivity index (χ0n) is 24.8. The average Bonchev–Trinajstić information content (AvgIpc) is 3.85. The molecule has 1 N–H and O–H groups in total. The van der Waals surface area contributed by atoms with Crippen molar-refractivity contribution in [1.82, 2.24) is 9.88 Å². The van der Waals surface area contributed by atoms with Gasteiger partial charge in [-0.25, -0.2) is 4.98 Å². The maximum Gasteiger partial charge on any atom is 0.231 e. The van der Waals surface area contributed by atoms with E-state index in [0.29, 0.717) is 45.4 Å². The number of amides is 1. The third kappa shape index (κ3) is 7.66. The molecule has 2 aromatic carbocycles. The predicted octanol–water partition coefficient (Wildman–Crippen LogP) is 6.47. The topological polar surface area (TPSA) is 93.5 Å². The SMILES string of the molecule is COCCc1ccc(Cl)c(CN(C(=O)[C@H]2CN=CC[C@]2(O)c2ccc(OCCOc3c(Cl)cc(C)cc3Cl)nc2)C2CC2)c1. The van der Waals surface area contributed by atoms with Gasteiger partial charge in [-0.3, -0.25) is 9.79 Å². The predicted molar refractivity (Wildman–Crippen MR) is 172 cm³/mol. The van der Waals surface area contributed by atoms with E-state index in [1.54, 1.807) is 43.8 Å². The van der Waals surface area contributed by atoms with E-state index in [1.807, 2.05) is 30.0 Å². The summed E-state index contributed by atoms with van der Waals surface area (Å²) in [5.41, 5.74) is 1.97. The van der Waals surface area contributed by atoms with Crippen molar-refractivity contribution in [2.75, 3.05) is 33.5 Å². The molecule has 0 spiro atoms. The Morgan fingerprint density at radius 1 is 1.02 bits per heavy atom. The van der Waals surface area contributed by atoms with Crippen LogP contribution in [0.1, 0.15) is 41.5 Å². The van der Waals surface area contributed by atoms with Gasteiger partial charge in [0.2, 0.25) is 11.8 Å². The van der Waals surface area contributed by atoms with E-state index >= 15 is 0 Å². The van der Waals surface area contributed by atoms with E-state index in [-0.39, 0.29) is 38.1 Å². The van der Waals surface area contributed by atoms with Crippen LogP contribution in [0.15, 0.2) is 53.7 Å². The Hall–Kier alpha value is -2.88. The minimum atomic E-state index is -1.47. The van der Waals surface area contributed by atoms with Gasteiger partial charge in [0.05, 0.1) is 29.1 Å². The fourth-order valence-electron chi connectivity index (χ4n) is 5.40. The first-order chi connectivity index (χ1) is 21.2. The van der Waals surface area contributed by atoms with Gasteiger partial charge in [-0.15, -0.1) is 0 Å². The summed E-state index contributed by atoms with van der Waals surface area (Å²) >= 11 is 19.1. The number of carbonyl (C=O) groups excluding carboxylic acids is 1. The Kier molecular flexibility index (Phi) is 10.7. The van der Waals surface area contributed by atoms with Gasteiger partial charge in [0, 0.05) is 55.2 Å². The zero-order chi connectivity index (χ0) is 31.3. The number of hydrogen-bond donors (Lipinski definition) is 1. The minimum Gasteiger partial charge on any atom is -0.487 e. The molecular formula is C33H36Cl3N3O5. The summed E-state index contributed by atoms with van der Waals surface area (Å²) in [6.45, 7) is 3.46. The number of nitrogens with zero attached hydrogens (tertiary/aromatic N) is 3. The van der Waals surface area contributed by atoms with Crippen LogP contribution in [0.2, 0.25) is 15.1 Å². The monoisotopic (exact) mass is 659 g/mol. The van der Waals surface area contributed by atoms with E-state index in [2.05, 4.69) is 9.98 Å². The molecular weight excluding hydrogens is 625 g/mol. The summed E-state index contributed by atoms with van der Waals surface area (Å²) in [4.78, 5) is 24.8. The van der Waals surface area contributed by atoms with Gasteiger partial charge >= 0.3 is 0 Å². The van der Waals surface area contributed by atoms with E-state index in [9.17, 15) is 9.90 Å². The molecule has 1 saturated carbocycles. The first-order valence-electron chi connectivity index (χ1n) is 14.6. The molecule has 3 aromatic rings. The van der Waals surface area contributed by atoms with Crippen molar-refractivity contribution in [1.29, 1.82) is 0 Å². The number of aliphatic imine (C=N–C) groups is 1. The summed E-state index contributed by atoms with van der Waals surface area (Å²) in [5.74, 6) is -0.147. The van der Waals surface area contributed by atoms with Crippen LogP contribution in [-0.4, -0.2) is 66.6 Å². The number of hydrogen-bond acceptors (Lipinski definition) is 7. The number of rotatable bonds is 13. The fourth-order valence-corrected chi connectivity index (χ4v) is 6.28. The summed E-state index contributed by atoms with van der Waals surface area (Å²) < 4.78 is 16.7. The maximum atomic E-state index is 14.1. The van der Waals surface area contributed by atoms with Gasteiger partial charge in [0.15, 0.2) is 5.75 Å². The molecule has 0 radical (unpaired) electrons. The number of carbonyl (C=O) groups is 1. The third-order valence-corrected chi connectivity index (χ3v) is 8.90. The van der Waals surface area contributed by atoms with Crippen LogP contribution in [0, 0.1) is 12.8 Å². The average molecular weight is 661 g/mol. The second-order valence-electron chi connectivity index (χ2n) is 11.2. The molecule has 2 heterocycles. The van der Waals surface area contributed by atoms with Gasteiger partial charge in [-0.2, -0.15) is 0 Å². The molecule has 0 unspecified atom stereocenters. The van der Waals surface area contributed by atoms with Crippen LogP contribution in [0.4, 0.5) is 0 Å². The van der Waals surface area contributed by atoms with Crippen LogP contribution < -0.4 is 9.47 Å². The highest BCUT2D eigenvalue weighted by Gasteiger charge is 2.48. The van der Waals surface area contributed by atoms with E-state index < -0.39 is 11.5 Å². The first kappa shape index (κ1) is 32.5. The lowest BCUT2D eigenvalue weighted by atomic mass is 9.77. The Morgan fingerprint density at radius 3 is 2.45 bits per heavy atom. The highest BCUT2D eigenvalue weighted by atomic mass is 35.5. The molecule has 2 aliphatic rings. The van der Waals surface area contributed by atoms with Crippen LogP contribution in [0.3, 0.4) is 0 Å². The summed E-state index contributed by atoms with van der Waals surface area (Å²) in [6, 6.07) is 13.0. The molecule has 8 nitrogen and oxygen atoms in total. The van der Waals surface area contributed by atoms with Gasteiger partial charge < -0.3 is 24.2 Å². The highest BCUT2D eigenvalue weighted by molar-refractivity contribution is 6.37. The lowest BCUT2D eigenvalue weighted by molar-refractivity contribution is -0.147. The molecule has 1 aliphatic carbocycles. The molecule has 0 bridgehead atoms. The quantitative estimate of drug-likeness (QED) is 0.212. The van der Waals surface area contributed by atoms with E-state index in [4.69, 9.17) is 49.0 Å². The second-order valence-corrected chi connectivity index (χ2v) is 12.5. The number of ether oxygens (including phenoxy) is 3. The van der Waals surface area contributed by atoms with Crippen LogP contribution in [0.25, 0.3) is 0 Å². The maximum absolute atomic E-state index is 14.1. The normalized spacial score (nSPS) is 19.5. The number of aromatic nitrogens is 1. The van der Waals surface area contributed by atoms with E-state index in [0.717, 1.165) is 36.0 Å². The lowest BCUT2D eigenvalue weighted by Gasteiger charge is -2.39. The van der Waals surface area contributed by atoms with Crippen LogP contribution in [-0.2, 0) is 28.1 Å². The van der Waals surface area contributed by atoms with Crippen molar-refractivity contribution < 1.29 is 24.1 Å². The Morgan fingerprint density at radius 2 is 1.77 bits per heavy atom. The van der Waals surface area contributed by atoms with Gasteiger partial charge in [-0.05, 0) is 67.1 Å². The van der Waals surface area contributed by atoms with E-state index in [1.165, 1.54) is 0 Å². The van der Waals surface area contributed by atoms with Gasteiger partial charge in [0.25, 0.3) is 0 Å². The molecule has 1 amide bonds. The molecule has 1 aromatic heterocycles. The molecule has 5 rings (SSSR count). The molecule has 11 heteroatoms. The Bertz CT molecular complexity index is 1480. The largest absolute Gasteiger partial charge is 0.487 e. The van der Waals surface area contributed by atoms with Crippen LogP contribution in [0.5, 0.6) is 11.6 Å². The third-order valence-electron chi connectivity index (χ3n) is 7.97. The van der Waals surface area contributed by atoms with Crippen molar-refractivity contribution in [3.63, 3.8) is 0 Å². The lowest BCUT2D eigenvalue weighted by Crippen LogP contribution is -2.50. The van der Waals surface area contributed by atoms with Crippen molar-refractivity contribution in [3.05, 3.63) is 86.0 Å². The summed E-state index contributed by atoms with van der Waals surface area (Å²) in [5, 5.41) is 13.5. The van der Waals surface area contributed by atoms with Crippen molar-refractivity contribution in [2.24, 2.45) is 10.9 Å². The molecule has 0 saturated heterocycles. The van der Waals surface area contributed by atoms with Crippen LogP contribution >= 0.6 is 34.8 Å². The Balaban J connectivity index is 1.26. The van der Waals surface area contributed by atoms with Crippen molar-refractivity contribution in [2.45, 2.75) is 50.8 Å². The van der Waals surface area contributed by atoms with Gasteiger partial charge in [0.1, 0.15) is 18.8 Å². The smallest absolute Gasteiger partial charge is 0.231 e. The highest BCUT2D eigenvalue weighted by Crippen LogP contribution is 2.40. The standard InChI is InChI=1S/C33H36Cl3N3O5/c1-21-15-28(35)31(29(36)16-21)44-14-13-43-30-8-4-24(18-38-30)33(41)10-11-37-19-26(33)32(40)39(25-5-6-25)20-23-17-22(9-12-42-2)3-7-27(23)34/h3-4,7-8,11,15-18,25-26,41H,5-6,9-10,12-14,19-20H2,1-2H3/t26-,33+/m1/s1. The number of benzene rings is 2. The minimum absolute atomic E-state index is 0.108. The summed E-state index contributed by atoms with van der Waals surface area (Å²) in [6.07, 6.45) is 6.01.